The van der Waals surface area contributed by atoms with Crippen molar-refractivity contribution in [2.75, 3.05) is 5.73 Å². The zero-order chi connectivity index (χ0) is 24.6. The van der Waals surface area contributed by atoms with Crippen LogP contribution in [0.25, 0.3) is 39.0 Å². The lowest BCUT2D eigenvalue weighted by Crippen LogP contribution is -2.27. The maximum atomic E-state index is 13.4. The smallest absolute Gasteiger partial charge is 0.336 e. The molecule has 0 bridgehead atoms. The number of pyridine rings is 1. The molecular formula is C25H22ClN9O. The van der Waals surface area contributed by atoms with Gasteiger partial charge in [0, 0.05) is 36.4 Å². The number of hydrogen-bond acceptors (Lipinski definition) is 6. The van der Waals surface area contributed by atoms with E-state index in [2.05, 4.69) is 15.2 Å². The first-order valence-corrected chi connectivity index (χ1v) is 12.1. The fraction of sp³-hybridized carbons (Fsp3) is 0.240. The van der Waals surface area contributed by atoms with Gasteiger partial charge in [-0.2, -0.15) is 5.10 Å². The highest BCUT2D eigenvalue weighted by atomic mass is 35.5. The molecule has 5 heterocycles. The molecule has 1 fully saturated rings. The summed E-state index contributed by atoms with van der Waals surface area (Å²) in [5, 5.41) is 15.8. The lowest BCUT2D eigenvalue weighted by atomic mass is 10.1. The maximum absolute atomic E-state index is 13.4. The summed E-state index contributed by atoms with van der Waals surface area (Å²) in [5.74, 6) is 0.477. The van der Waals surface area contributed by atoms with E-state index in [1.165, 1.54) is 10.7 Å². The summed E-state index contributed by atoms with van der Waals surface area (Å²) in [6.07, 6.45) is 7.34. The zero-order valence-corrected chi connectivity index (χ0v) is 20.2. The van der Waals surface area contributed by atoms with Gasteiger partial charge in [-0.1, -0.05) is 11.6 Å². The van der Waals surface area contributed by atoms with Gasteiger partial charge in [0.2, 0.25) is 0 Å². The summed E-state index contributed by atoms with van der Waals surface area (Å²) < 4.78 is 7.16. The second kappa shape index (κ2) is 7.66. The van der Waals surface area contributed by atoms with Crippen molar-refractivity contribution in [1.82, 2.24) is 38.5 Å². The van der Waals surface area contributed by atoms with Crippen molar-refractivity contribution < 1.29 is 0 Å². The standard InChI is InChI=1S/C25H22ClN9O/c1-32-12-17(27)9-20(32)22-21-23-30-29-13-34(23)25(36)33(10-14-2-3-14)24(21)31-35(22)11-15-6-7-28-19-5-4-16(26)8-18(15)19/h4-9,12-14H,2-3,10-11,27H2,1H3. The molecule has 1 aromatic carbocycles. The van der Waals surface area contributed by atoms with Gasteiger partial charge in [-0.15, -0.1) is 10.2 Å². The fourth-order valence-electron chi connectivity index (χ4n) is 5.01. The normalized spacial score (nSPS) is 13.9. The Morgan fingerprint density at radius 1 is 1.17 bits per heavy atom. The number of hydrogen-bond donors (Lipinski definition) is 1. The molecule has 180 valence electrons. The number of benzene rings is 1. The van der Waals surface area contributed by atoms with E-state index in [0.29, 0.717) is 41.0 Å². The molecule has 36 heavy (non-hydrogen) atoms. The van der Waals surface area contributed by atoms with Crippen molar-refractivity contribution in [2.45, 2.75) is 25.9 Å². The van der Waals surface area contributed by atoms with E-state index in [0.717, 1.165) is 46.1 Å². The minimum atomic E-state index is -0.182. The molecule has 0 atom stereocenters. The van der Waals surface area contributed by atoms with Crippen LogP contribution in [0.2, 0.25) is 5.02 Å². The molecule has 0 radical (unpaired) electrons. The van der Waals surface area contributed by atoms with Gasteiger partial charge in [-0.3, -0.25) is 14.2 Å². The molecule has 1 saturated carbocycles. The summed E-state index contributed by atoms with van der Waals surface area (Å²) in [5.41, 5.74) is 11.3. The molecule has 7 rings (SSSR count). The van der Waals surface area contributed by atoms with Crippen molar-refractivity contribution >= 4 is 44.9 Å². The largest absolute Gasteiger partial charge is 0.397 e. The molecule has 6 aromatic rings. The number of nitrogens with two attached hydrogens (primary N) is 1. The molecule has 1 aliphatic carbocycles. The molecule has 5 aromatic heterocycles. The van der Waals surface area contributed by atoms with E-state index in [9.17, 15) is 4.79 Å². The molecule has 10 nitrogen and oxygen atoms in total. The number of rotatable bonds is 5. The Labute approximate surface area is 209 Å². The minimum absolute atomic E-state index is 0.182. The molecule has 1 aliphatic rings. The second-order valence-electron chi connectivity index (χ2n) is 9.47. The molecule has 2 N–H and O–H groups in total. The van der Waals surface area contributed by atoms with Crippen LogP contribution in [0.5, 0.6) is 0 Å². The van der Waals surface area contributed by atoms with Crippen LogP contribution in [0.1, 0.15) is 18.4 Å². The van der Waals surface area contributed by atoms with Gasteiger partial charge in [0.15, 0.2) is 11.3 Å². The van der Waals surface area contributed by atoms with E-state index >= 15 is 0 Å². The fourth-order valence-corrected chi connectivity index (χ4v) is 5.18. The third kappa shape index (κ3) is 3.21. The molecule has 0 aliphatic heterocycles. The third-order valence-electron chi connectivity index (χ3n) is 6.92. The lowest BCUT2D eigenvalue weighted by molar-refractivity contribution is 0.594. The van der Waals surface area contributed by atoms with E-state index in [1.54, 1.807) is 10.8 Å². The van der Waals surface area contributed by atoms with Crippen molar-refractivity contribution in [1.29, 1.82) is 0 Å². The number of fused-ring (bicyclic) bond motifs is 4. The van der Waals surface area contributed by atoms with Gasteiger partial charge in [0.05, 0.1) is 34.5 Å². The number of anilines is 1. The predicted molar refractivity (Wildman–Crippen MR) is 138 cm³/mol. The minimum Gasteiger partial charge on any atom is -0.397 e. The van der Waals surface area contributed by atoms with Crippen LogP contribution in [-0.4, -0.2) is 38.5 Å². The molecule has 0 saturated heterocycles. The van der Waals surface area contributed by atoms with Gasteiger partial charge < -0.3 is 10.3 Å². The number of nitrogen functional groups attached to an aromatic ring is 1. The quantitative estimate of drug-likeness (QED) is 0.388. The van der Waals surface area contributed by atoms with Gasteiger partial charge in [-0.25, -0.2) is 9.20 Å². The van der Waals surface area contributed by atoms with Gasteiger partial charge in [0.25, 0.3) is 0 Å². The SMILES string of the molecule is Cn1cc(N)cc1-c1c2c(nn1Cc1ccnc3ccc(Cl)cc13)n(CC1CC1)c(=O)n1cnnc21. The molecule has 0 unspecified atom stereocenters. The monoisotopic (exact) mass is 499 g/mol. The average molecular weight is 500 g/mol. The highest BCUT2D eigenvalue weighted by Crippen LogP contribution is 2.35. The Kier molecular flexibility index (Phi) is 4.50. The Morgan fingerprint density at radius 2 is 2.03 bits per heavy atom. The van der Waals surface area contributed by atoms with Crippen molar-refractivity contribution in [3.63, 3.8) is 0 Å². The van der Waals surface area contributed by atoms with Crippen LogP contribution in [-0.2, 0) is 20.1 Å². The number of aryl methyl sites for hydroxylation is 1. The summed E-state index contributed by atoms with van der Waals surface area (Å²) in [6.45, 7) is 1.05. The summed E-state index contributed by atoms with van der Waals surface area (Å²) >= 11 is 6.33. The second-order valence-corrected chi connectivity index (χ2v) is 9.90. The summed E-state index contributed by atoms with van der Waals surface area (Å²) in [6, 6.07) is 9.55. The Bertz CT molecular complexity index is 1870. The number of halogens is 1. The number of aromatic nitrogens is 8. The van der Waals surface area contributed by atoms with Crippen molar-refractivity contribution in [3.8, 4) is 11.4 Å². The first kappa shape index (κ1) is 21.1. The Hall–Kier alpha value is -4.18. The zero-order valence-electron chi connectivity index (χ0n) is 19.5. The molecule has 11 heteroatoms. The van der Waals surface area contributed by atoms with E-state index in [-0.39, 0.29) is 5.69 Å². The first-order valence-electron chi connectivity index (χ1n) is 11.8. The highest BCUT2D eigenvalue weighted by molar-refractivity contribution is 6.31. The van der Waals surface area contributed by atoms with Crippen LogP contribution in [0.4, 0.5) is 5.69 Å². The van der Waals surface area contributed by atoms with Crippen LogP contribution >= 0.6 is 11.6 Å². The van der Waals surface area contributed by atoms with Gasteiger partial charge in [-0.05, 0) is 54.7 Å². The molecule has 0 amide bonds. The van der Waals surface area contributed by atoms with Crippen molar-refractivity contribution in [2.24, 2.45) is 13.0 Å². The Balaban J connectivity index is 1.56. The molecular weight excluding hydrogens is 478 g/mol. The van der Waals surface area contributed by atoms with Crippen LogP contribution in [0.15, 0.2) is 53.8 Å². The van der Waals surface area contributed by atoms with E-state index in [1.807, 2.05) is 52.8 Å². The van der Waals surface area contributed by atoms with Crippen LogP contribution < -0.4 is 11.4 Å². The maximum Gasteiger partial charge on any atom is 0.336 e. The van der Waals surface area contributed by atoms with Crippen LogP contribution in [0, 0.1) is 5.92 Å². The van der Waals surface area contributed by atoms with E-state index in [4.69, 9.17) is 22.4 Å². The first-order chi connectivity index (χ1) is 17.5. The Morgan fingerprint density at radius 3 is 2.81 bits per heavy atom. The van der Waals surface area contributed by atoms with Gasteiger partial charge >= 0.3 is 5.69 Å². The number of nitrogens with zero attached hydrogens (tertiary/aromatic N) is 8. The lowest BCUT2D eigenvalue weighted by Gasteiger charge is -2.11. The predicted octanol–water partition coefficient (Wildman–Crippen LogP) is 3.49. The average Bonchev–Trinajstić information content (AvgIpc) is 3.24. The summed E-state index contributed by atoms with van der Waals surface area (Å²) in [4.78, 5) is 17.9. The highest BCUT2D eigenvalue weighted by Gasteiger charge is 2.28. The van der Waals surface area contributed by atoms with Crippen LogP contribution in [0.3, 0.4) is 0 Å². The third-order valence-corrected chi connectivity index (χ3v) is 7.15. The van der Waals surface area contributed by atoms with E-state index < -0.39 is 0 Å². The van der Waals surface area contributed by atoms with Gasteiger partial charge in [0.1, 0.15) is 6.33 Å². The topological polar surface area (TPSA) is 114 Å². The van der Waals surface area contributed by atoms with Crippen molar-refractivity contribution in [3.05, 3.63) is 70.1 Å². The molecule has 0 spiro atoms. The summed E-state index contributed by atoms with van der Waals surface area (Å²) in [7, 11) is 1.94.